The van der Waals surface area contributed by atoms with Crippen LogP contribution in [0.25, 0.3) is 16.6 Å². The second kappa shape index (κ2) is 6.65. The predicted molar refractivity (Wildman–Crippen MR) is 102 cm³/mol. The summed E-state index contributed by atoms with van der Waals surface area (Å²) in [5.74, 6) is 0. The van der Waals surface area contributed by atoms with Gasteiger partial charge in [-0.2, -0.15) is 18.3 Å². The lowest BCUT2D eigenvalue weighted by Gasteiger charge is -2.31. The van der Waals surface area contributed by atoms with Crippen LogP contribution in [0, 0.1) is 0 Å². The molecule has 0 aliphatic carbocycles. The second-order valence-electron chi connectivity index (χ2n) is 6.38. The van der Waals surface area contributed by atoms with Crippen molar-refractivity contribution in [1.29, 1.82) is 0 Å². The average molecular weight is 403 g/mol. The van der Waals surface area contributed by atoms with Gasteiger partial charge in [-0.1, -0.05) is 48.0 Å². The van der Waals surface area contributed by atoms with Gasteiger partial charge in [0.15, 0.2) is 0 Å². The Morgan fingerprint density at radius 2 is 1.57 bits per heavy atom. The van der Waals surface area contributed by atoms with Crippen LogP contribution in [0.5, 0.6) is 0 Å². The van der Waals surface area contributed by atoms with E-state index in [0.717, 1.165) is 11.8 Å². The van der Waals surface area contributed by atoms with Crippen LogP contribution in [0.4, 0.5) is 13.2 Å². The number of hydrogen-bond acceptors (Lipinski definition) is 2. The molecule has 1 N–H and O–H groups in total. The summed E-state index contributed by atoms with van der Waals surface area (Å²) in [5, 5.41) is 15.6. The molecule has 28 heavy (non-hydrogen) atoms. The van der Waals surface area contributed by atoms with E-state index in [4.69, 9.17) is 11.6 Å². The zero-order valence-corrected chi connectivity index (χ0v) is 15.1. The average Bonchev–Trinajstić information content (AvgIpc) is 3.10. The van der Waals surface area contributed by atoms with Gasteiger partial charge in [0.05, 0.1) is 17.4 Å². The molecule has 7 heteroatoms. The van der Waals surface area contributed by atoms with Crippen LogP contribution >= 0.6 is 11.6 Å². The van der Waals surface area contributed by atoms with Gasteiger partial charge < -0.3 is 5.11 Å². The molecule has 0 aliphatic rings. The maximum Gasteiger partial charge on any atom is 0.425 e. The van der Waals surface area contributed by atoms with Crippen molar-refractivity contribution in [2.75, 3.05) is 0 Å². The molecule has 0 amide bonds. The zero-order chi connectivity index (χ0) is 19.9. The fraction of sp³-hybridized carbons (Fsp3) is 0.0952. The summed E-state index contributed by atoms with van der Waals surface area (Å²) < 4.78 is 43.5. The molecule has 0 saturated carbocycles. The summed E-state index contributed by atoms with van der Waals surface area (Å²) >= 11 is 5.86. The van der Waals surface area contributed by atoms with E-state index in [-0.39, 0.29) is 16.1 Å². The Morgan fingerprint density at radius 1 is 0.857 bits per heavy atom. The Hall–Kier alpha value is -2.83. The molecule has 0 fully saturated rings. The highest BCUT2D eigenvalue weighted by atomic mass is 35.5. The molecule has 0 aliphatic heterocycles. The molecule has 1 heterocycles. The Morgan fingerprint density at radius 3 is 2.25 bits per heavy atom. The smallest absolute Gasteiger partial charge is 0.372 e. The first-order valence-corrected chi connectivity index (χ1v) is 8.77. The number of benzene rings is 3. The van der Waals surface area contributed by atoms with Crippen LogP contribution < -0.4 is 0 Å². The van der Waals surface area contributed by atoms with Crippen molar-refractivity contribution in [2.45, 2.75) is 11.8 Å². The monoisotopic (exact) mass is 402 g/mol. The van der Waals surface area contributed by atoms with Crippen LogP contribution in [-0.2, 0) is 5.60 Å². The summed E-state index contributed by atoms with van der Waals surface area (Å²) in [4.78, 5) is 0. The summed E-state index contributed by atoms with van der Waals surface area (Å²) in [6.07, 6.45) is -3.47. The molecule has 3 aromatic carbocycles. The maximum absolute atomic E-state index is 14.0. The maximum atomic E-state index is 14.0. The Labute approximate surface area is 163 Å². The minimum absolute atomic E-state index is 0.109. The minimum Gasteiger partial charge on any atom is -0.372 e. The van der Waals surface area contributed by atoms with Gasteiger partial charge in [0.2, 0.25) is 5.60 Å². The number of rotatable bonds is 3. The van der Waals surface area contributed by atoms with Crippen molar-refractivity contribution in [2.24, 2.45) is 0 Å². The fourth-order valence-corrected chi connectivity index (χ4v) is 3.43. The van der Waals surface area contributed by atoms with E-state index in [9.17, 15) is 18.3 Å². The molecule has 1 aromatic heterocycles. The standard InChI is InChI=1S/C21H14ClF3N2O/c22-17-6-4-5-15(12-17)20(28,21(23,24)25)16-9-10-19-14(11-16)13-26-27(19)18-7-2-1-3-8-18/h1-13,28H. The number of halogens is 4. The lowest BCUT2D eigenvalue weighted by atomic mass is 9.85. The van der Waals surface area contributed by atoms with E-state index < -0.39 is 11.8 Å². The van der Waals surface area contributed by atoms with E-state index >= 15 is 0 Å². The van der Waals surface area contributed by atoms with Crippen LogP contribution in [0.15, 0.2) is 79.0 Å². The Bertz CT molecular complexity index is 1140. The number of aliphatic hydroxyl groups is 1. The Balaban J connectivity index is 1.89. The van der Waals surface area contributed by atoms with Gasteiger partial charge in [-0.25, -0.2) is 4.68 Å². The van der Waals surface area contributed by atoms with Gasteiger partial charge in [-0.3, -0.25) is 0 Å². The molecule has 1 unspecified atom stereocenters. The van der Waals surface area contributed by atoms with Crippen molar-refractivity contribution in [3.63, 3.8) is 0 Å². The van der Waals surface area contributed by atoms with Gasteiger partial charge >= 0.3 is 6.18 Å². The number of alkyl halides is 3. The molecule has 1 atom stereocenters. The van der Waals surface area contributed by atoms with Gasteiger partial charge in [-0.15, -0.1) is 0 Å². The second-order valence-corrected chi connectivity index (χ2v) is 6.82. The highest BCUT2D eigenvalue weighted by Crippen LogP contribution is 2.45. The summed E-state index contributed by atoms with van der Waals surface area (Å²) in [6.45, 7) is 0. The lowest BCUT2D eigenvalue weighted by Crippen LogP contribution is -2.43. The molecule has 0 bridgehead atoms. The lowest BCUT2D eigenvalue weighted by molar-refractivity contribution is -0.248. The molecule has 3 nitrogen and oxygen atoms in total. The highest BCUT2D eigenvalue weighted by Gasteiger charge is 2.56. The van der Waals surface area contributed by atoms with Gasteiger partial charge in [-0.05, 0) is 47.5 Å². The van der Waals surface area contributed by atoms with E-state index in [0.29, 0.717) is 10.9 Å². The summed E-state index contributed by atoms with van der Waals surface area (Å²) in [7, 11) is 0. The largest absolute Gasteiger partial charge is 0.425 e. The summed E-state index contributed by atoms with van der Waals surface area (Å²) in [5.41, 5.74) is -2.43. The first-order valence-electron chi connectivity index (χ1n) is 8.39. The van der Waals surface area contributed by atoms with Crippen LogP contribution in [0.2, 0.25) is 5.02 Å². The van der Waals surface area contributed by atoms with Crippen molar-refractivity contribution in [3.05, 3.63) is 95.1 Å². The molecule has 4 aromatic rings. The van der Waals surface area contributed by atoms with Crippen LogP contribution in [0.3, 0.4) is 0 Å². The van der Waals surface area contributed by atoms with Crippen molar-refractivity contribution in [1.82, 2.24) is 9.78 Å². The molecule has 0 saturated heterocycles. The zero-order valence-electron chi connectivity index (χ0n) is 14.4. The third-order valence-electron chi connectivity index (χ3n) is 4.64. The highest BCUT2D eigenvalue weighted by molar-refractivity contribution is 6.30. The van der Waals surface area contributed by atoms with E-state index in [1.165, 1.54) is 42.6 Å². The number of para-hydroxylation sites is 1. The van der Waals surface area contributed by atoms with Gasteiger partial charge in [0.1, 0.15) is 0 Å². The molecular weight excluding hydrogens is 389 g/mol. The molecule has 142 valence electrons. The van der Waals surface area contributed by atoms with E-state index in [2.05, 4.69) is 5.10 Å². The first-order chi connectivity index (χ1) is 13.3. The number of hydrogen-bond donors (Lipinski definition) is 1. The van der Waals surface area contributed by atoms with Crippen molar-refractivity contribution in [3.8, 4) is 5.69 Å². The van der Waals surface area contributed by atoms with Crippen LogP contribution in [-0.4, -0.2) is 21.1 Å². The van der Waals surface area contributed by atoms with Gasteiger partial charge in [0, 0.05) is 10.4 Å². The van der Waals surface area contributed by atoms with E-state index in [1.54, 1.807) is 4.68 Å². The van der Waals surface area contributed by atoms with Gasteiger partial charge in [0.25, 0.3) is 0 Å². The topological polar surface area (TPSA) is 38.1 Å². The third-order valence-corrected chi connectivity index (χ3v) is 4.87. The normalized spacial score (nSPS) is 14.2. The quantitative estimate of drug-likeness (QED) is 0.493. The predicted octanol–water partition coefficient (Wildman–Crippen LogP) is 5.48. The number of nitrogens with zero attached hydrogens (tertiary/aromatic N) is 2. The molecule has 0 spiro atoms. The first kappa shape index (κ1) is 18.5. The molecular formula is C21H14ClF3N2O. The molecule has 4 rings (SSSR count). The third kappa shape index (κ3) is 2.95. The fourth-order valence-electron chi connectivity index (χ4n) is 3.24. The van der Waals surface area contributed by atoms with Crippen molar-refractivity contribution < 1.29 is 18.3 Å². The summed E-state index contributed by atoms with van der Waals surface area (Å²) in [6, 6.07) is 18.5. The number of aromatic nitrogens is 2. The van der Waals surface area contributed by atoms with Crippen molar-refractivity contribution >= 4 is 22.5 Å². The Kier molecular flexibility index (Phi) is 4.40. The number of fused-ring (bicyclic) bond motifs is 1. The van der Waals surface area contributed by atoms with Crippen LogP contribution in [0.1, 0.15) is 11.1 Å². The molecule has 0 radical (unpaired) electrons. The van der Waals surface area contributed by atoms with E-state index in [1.807, 2.05) is 30.3 Å². The minimum atomic E-state index is -4.94. The SMILES string of the molecule is OC(c1cccc(Cl)c1)(c1ccc2c(cnn2-c2ccccc2)c1)C(F)(F)F.